The molecule has 2 rings (SSSR count). The Kier molecular flexibility index (Phi) is 7.16. The van der Waals surface area contributed by atoms with Crippen LogP contribution in [0.25, 0.3) is 11.2 Å². The second-order valence-electron chi connectivity index (χ2n) is 6.73. The lowest BCUT2D eigenvalue weighted by Crippen LogP contribution is -2.40. The number of nitriles is 1. The second kappa shape index (κ2) is 9.34. The van der Waals surface area contributed by atoms with E-state index in [0.29, 0.717) is 43.5 Å². The van der Waals surface area contributed by atoms with Gasteiger partial charge in [-0.15, -0.1) is 0 Å². The molecule has 2 aromatic heterocycles. The molecule has 0 aliphatic carbocycles. The van der Waals surface area contributed by atoms with Crippen molar-refractivity contribution in [3.63, 3.8) is 0 Å². The minimum atomic E-state index is -0.378. The highest BCUT2D eigenvalue weighted by Gasteiger charge is 2.16. The maximum atomic E-state index is 12.8. The Morgan fingerprint density at radius 2 is 1.85 bits per heavy atom. The summed E-state index contributed by atoms with van der Waals surface area (Å²) in [7, 11) is 1.75. The Labute approximate surface area is 152 Å². The number of hydrogen-bond donors (Lipinski definition) is 1. The van der Waals surface area contributed by atoms with Gasteiger partial charge in [-0.25, -0.2) is 9.78 Å². The molecule has 0 amide bonds. The van der Waals surface area contributed by atoms with Crippen molar-refractivity contribution in [2.24, 2.45) is 7.05 Å². The quantitative estimate of drug-likeness (QED) is 0.646. The summed E-state index contributed by atoms with van der Waals surface area (Å²) < 4.78 is 4.49. The van der Waals surface area contributed by atoms with Crippen molar-refractivity contribution >= 4 is 11.2 Å². The van der Waals surface area contributed by atoms with E-state index in [4.69, 9.17) is 5.26 Å². The molecule has 8 nitrogen and oxygen atoms in total. The number of aryl methyl sites for hydroxylation is 2. The van der Waals surface area contributed by atoms with Crippen molar-refractivity contribution in [2.75, 3.05) is 0 Å². The van der Waals surface area contributed by atoms with E-state index in [1.54, 1.807) is 29.4 Å². The van der Waals surface area contributed by atoms with Crippen LogP contribution >= 0.6 is 0 Å². The molecular weight excluding hydrogens is 334 g/mol. The lowest BCUT2D eigenvalue weighted by molar-refractivity contribution is 0.180. The zero-order valence-corrected chi connectivity index (χ0v) is 15.5. The number of unbranched alkanes of at least 4 members (excludes halogenated alkanes) is 4. The van der Waals surface area contributed by atoms with Crippen molar-refractivity contribution in [1.29, 1.82) is 5.26 Å². The number of rotatable bonds is 10. The number of aliphatic hydroxyl groups excluding tert-OH is 1. The second-order valence-corrected chi connectivity index (χ2v) is 6.73. The lowest BCUT2D eigenvalue weighted by Gasteiger charge is -2.12. The molecule has 0 fully saturated rings. The van der Waals surface area contributed by atoms with Crippen LogP contribution in [0.4, 0.5) is 0 Å². The zero-order chi connectivity index (χ0) is 19.1. The van der Waals surface area contributed by atoms with E-state index in [9.17, 15) is 14.7 Å². The summed E-state index contributed by atoms with van der Waals surface area (Å²) in [6.45, 7) is 2.54. The van der Waals surface area contributed by atoms with Gasteiger partial charge in [-0.1, -0.05) is 6.42 Å². The average Bonchev–Trinajstić information content (AvgIpc) is 2.98. The fraction of sp³-hybridized carbons (Fsp3) is 0.667. The number of imidazole rings is 1. The normalized spacial score (nSPS) is 12.4. The predicted molar refractivity (Wildman–Crippen MR) is 98.8 cm³/mol. The number of hydrogen-bond acceptors (Lipinski definition) is 5. The van der Waals surface area contributed by atoms with E-state index >= 15 is 0 Å². The van der Waals surface area contributed by atoms with Gasteiger partial charge >= 0.3 is 5.69 Å². The summed E-state index contributed by atoms with van der Waals surface area (Å²) in [5.41, 5.74) is 0.196. The molecule has 0 bridgehead atoms. The highest BCUT2D eigenvalue weighted by atomic mass is 16.3. The maximum absolute atomic E-state index is 12.8. The van der Waals surface area contributed by atoms with Gasteiger partial charge < -0.3 is 9.67 Å². The highest BCUT2D eigenvalue weighted by Crippen LogP contribution is 2.08. The van der Waals surface area contributed by atoms with Gasteiger partial charge in [0.2, 0.25) is 0 Å². The van der Waals surface area contributed by atoms with Crippen LogP contribution in [0.1, 0.15) is 51.9 Å². The molecule has 0 aliphatic heterocycles. The Bertz CT molecular complexity index is 885. The van der Waals surface area contributed by atoms with Crippen LogP contribution in [0.3, 0.4) is 0 Å². The van der Waals surface area contributed by atoms with Crippen molar-refractivity contribution in [1.82, 2.24) is 18.7 Å². The largest absolute Gasteiger partial charge is 0.393 e. The van der Waals surface area contributed by atoms with E-state index in [2.05, 4.69) is 11.1 Å². The standard InChI is InChI=1S/C18H27N5O3/c1-14(24)9-5-8-12-23-17(25)15-16(20-13-21(15)2)22(18(23)26)11-7-4-3-6-10-19/h13-14,24H,3-9,11-12H2,1-2H3. The van der Waals surface area contributed by atoms with E-state index in [1.165, 1.54) is 4.57 Å². The summed E-state index contributed by atoms with van der Waals surface area (Å²) in [6.07, 6.45) is 6.15. The Balaban J connectivity index is 2.27. The minimum Gasteiger partial charge on any atom is -0.393 e. The van der Waals surface area contributed by atoms with Gasteiger partial charge in [-0.05, 0) is 39.0 Å². The molecule has 1 unspecified atom stereocenters. The summed E-state index contributed by atoms with van der Waals surface area (Å²) in [5.74, 6) is 0. The summed E-state index contributed by atoms with van der Waals surface area (Å²) >= 11 is 0. The first-order valence-corrected chi connectivity index (χ1v) is 9.17. The molecule has 26 heavy (non-hydrogen) atoms. The first kappa shape index (κ1) is 19.9. The van der Waals surface area contributed by atoms with Crippen LogP contribution in [0.5, 0.6) is 0 Å². The smallest absolute Gasteiger partial charge is 0.332 e. The van der Waals surface area contributed by atoms with Crippen molar-refractivity contribution in [2.45, 2.75) is 71.1 Å². The first-order valence-electron chi connectivity index (χ1n) is 9.17. The summed E-state index contributed by atoms with van der Waals surface area (Å²) in [5, 5.41) is 17.9. The van der Waals surface area contributed by atoms with Crippen LogP contribution in [0, 0.1) is 11.3 Å². The number of fused-ring (bicyclic) bond motifs is 1. The zero-order valence-electron chi connectivity index (χ0n) is 15.5. The SMILES string of the molecule is CC(O)CCCCn1c(=O)c2c(ncn2C)n(CCCCCC#N)c1=O. The topological polar surface area (TPSA) is 106 Å². The van der Waals surface area contributed by atoms with E-state index in [-0.39, 0.29) is 17.4 Å². The Hall–Kier alpha value is -2.40. The van der Waals surface area contributed by atoms with Crippen molar-refractivity contribution in [3.05, 3.63) is 27.2 Å². The van der Waals surface area contributed by atoms with Gasteiger partial charge in [-0.2, -0.15) is 5.26 Å². The third-order valence-corrected chi connectivity index (χ3v) is 4.51. The maximum Gasteiger partial charge on any atom is 0.332 e. The third-order valence-electron chi connectivity index (χ3n) is 4.51. The van der Waals surface area contributed by atoms with Gasteiger partial charge in [0.1, 0.15) is 0 Å². The summed E-state index contributed by atoms with van der Waals surface area (Å²) in [4.78, 5) is 29.8. The molecular formula is C18H27N5O3. The van der Waals surface area contributed by atoms with Crippen LogP contribution in [-0.2, 0) is 20.1 Å². The molecule has 1 atom stereocenters. The predicted octanol–water partition coefficient (Wildman–Crippen LogP) is 1.53. The summed E-state index contributed by atoms with van der Waals surface area (Å²) in [6, 6.07) is 2.12. The Morgan fingerprint density at radius 1 is 1.15 bits per heavy atom. The highest BCUT2D eigenvalue weighted by molar-refractivity contribution is 5.69. The molecule has 0 saturated heterocycles. The first-order chi connectivity index (χ1) is 12.5. The van der Waals surface area contributed by atoms with Gasteiger partial charge in [0, 0.05) is 26.6 Å². The van der Waals surface area contributed by atoms with E-state index < -0.39 is 0 Å². The molecule has 0 radical (unpaired) electrons. The van der Waals surface area contributed by atoms with E-state index in [0.717, 1.165) is 25.7 Å². The van der Waals surface area contributed by atoms with Gasteiger partial charge in [0.25, 0.3) is 5.56 Å². The molecule has 0 spiro atoms. The molecule has 142 valence electrons. The molecule has 2 aromatic rings. The molecule has 8 heteroatoms. The number of aromatic nitrogens is 4. The molecule has 0 aliphatic rings. The average molecular weight is 361 g/mol. The van der Waals surface area contributed by atoms with Crippen molar-refractivity contribution < 1.29 is 5.11 Å². The number of nitrogens with zero attached hydrogens (tertiary/aromatic N) is 5. The van der Waals surface area contributed by atoms with Crippen LogP contribution < -0.4 is 11.2 Å². The Morgan fingerprint density at radius 3 is 2.54 bits per heavy atom. The lowest BCUT2D eigenvalue weighted by atomic mass is 10.2. The molecule has 0 saturated carbocycles. The third kappa shape index (κ3) is 4.61. The molecule has 1 N–H and O–H groups in total. The number of aliphatic hydroxyl groups is 1. The minimum absolute atomic E-state index is 0.317. The van der Waals surface area contributed by atoms with Crippen LogP contribution in [0.15, 0.2) is 15.9 Å². The molecule has 0 aromatic carbocycles. The fourth-order valence-electron chi connectivity index (χ4n) is 3.07. The van der Waals surface area contributed by atoms with Crippen LogP contribution in [0.2, 0.25) is 0 Å². The van der Waals surface area contributed by atoms with Crippen LogP contribution in [-0.4, -0.2) is 29.9 Å². The van der Waals surface area contributed by atoms with Gasteiger partial charge in [0.05, 0.1) is 18.5 Å². The van der Waals surface area contributed by atoms with Gasteiger partial charge in [0.15, 0.2) is 11.2 Å². The van der Waals surface area contributed by atoms with Gasteiger partial charge in [-0.3, -0.25) is 13.9 Å². The van der Waals surface area contributed by atoms with Crippen molar-refractivity contribution in [3.8, 4) is 6.07 Å². The van der Waals surface area contributed by atoms with E-state index in [1.807, 2.05) is 0 Å². The fourth-order valence-corrected chi connectivity index (χ4v) is 3.07. The molecule has 2 heterocycles. The monoisotopic (exact) mass is 361 g/mol.